The summed E-state index contributed by atoms with van der Waals surface area (Å²) >= 11 is 5.70. The second-order valence-corrected chi connectivity index (χ2v) is 5.04. The molecule has 0 spiro atoms. The molecule has 1 aliphatic rings. The maximum atomic E-state index is 11.6. The van der Waals surface area contributed by atoms with Crippen molar-refractivity contribution in [1.82, 2.24) is 0 Å². The molecule has 0 atom stereocenters. The molecule has 0 aliphatic heterocycles. The number of amides is 1. The zero-order valence-electron chi connectivity index (χ0n) is 10.4. The summed E-state index contributed by atoms with van der Waals surface area (Å²) in [6.45, 7) is 1.86. The molecule has 0 saturated heterocycles. The van der Waals surface area contributed by atoms with Crippen LogP contribution in [0.5, 0.6) is 0 Å². The molecule has 0 radical (unpaired) electrons. The molecule has 2 rings (SSSR count). The van der Waals surface area contributed by atoms with E-state index >= 15 is 0 Å². The van der Waals surface area contributed by atoms with Gasteiger partial charge in [-0.2, -0.15) is 0 Å². The van der Waals surface area contributed by atoms with Crippen LogP contribution in [0.15, 0.2) is 18.2 Å². The van der Waals surface area contributed by atoms with Crippen molar-refractivity contribution in [2.24, 2.45) is 0 Å². The molecule has 1 fully saturated rings. The number of halogens is 1. The lowest BCUT2D eigenvalue weighted by atomic mass is 10.1. The first-order chi connectivity index (χ1) is 8.63. The number of nitrogens with zero attached hydrogens (tertiary/aromatic N) is 1. The van der Waals surface area contributed by atoms with E-state index in [0.717, 1.165) is 43.2 Å². The Labute approximate surface area is 112 Å². The summed E-state index contributed by atoms with van der Waals surface area (Å²) in [7, 11) is 0. The van der Waals surface area contributed by atoms with Gasteiger partial charge in [0, 0.05) is 17.3 Å². The number of hydrogen-bond donors (Lipinski definition) is 0. The first kappa shape index (κ1) is 13.1. The van der Waals surface area contributed by atoms with Gasteiger partial charge in [0.05, 0.1) is 0 Å². The highest BCUT2D eigenvalue weighted by molar-refractivity contribution is 6.66. The van der Waals surface area contributed by atoms with E-state index in [2.05, 4.69) is 0 Å². The Morgan fingerprint density at radius 3 is 2.56 bits per heavy atom. The molecule has 1 aromatic carbocycles. The van der Waals surface area contributed by atoms with Crippen LogP contribution in [0.1, 0.15) is 41.6 Å². The SMILES string of the molecule is Cc1cc(N(C(=O)Cl)C2CCCC2)ccc1C=O. The predicted octanol–water partition coefficient (Wildman–Crippen LogP) is 3.92. The maximum absolute atomic E-state index is 11.6. The van der Waals surface area contributed by atoms with Gasteiger partial charge in [-0.3, -0.25) is 14.5 Å². The molecular formula is C14H16ClNO2. The van der Waals surface area contributed by atoms with Crippen molar-refractivity contribution in [2.75, 3.05) is 4.90 Å². The maximum Gasteiger partial charge on any atom is 0.321 e. The van der Waals surface area contributed by atoms with Gasteiger partial charge in [-0.15, -0.1) is 0 Å². The van der Waals surface area contributed by atoms with Crippen molar-refractivity contribution in [3.63, 3.8) is 0 Å². The highest BCUT2D eigenvalue weighted by Crippen LogP contribution is 2.30. The average molecular weight is 266 g/mol. The van der Waals surface area contributed by atoms with E-state index < -0.39 is 5.37 Å². The molecule has 0 bridgehead atoms. The van der Waals surface area contributed by atoms with Gasteiger partial charge in [0.1, 0.15) is 6.29 Å². The Hall–Kier alpha value is -1.35. The van der Waals surface area contributed by atoms with Crippen LogP contribution in [0.2, 0.25) is 0 Å². The summed E-state index contributed by atoms with van der Waals surface area (Å²) in [4.78, 5) is 24.1. The van der Waals surface area contributed by atoms with E-state index in [-0.39, 0.29) is 6.04 Å². The third kappa shape index (κ3) is 2.56. The minimum absolute atomic E-state index is 0.191. The fourth-order valence-corrected chi connectivity index (χ4v) is 2.80. The smallest absolute Gasteiger partial charge is 0.298 e. The van der Waals surface area contributed by atoms with Crippen LogP contribution < -0.4 is 4.90 Å². The second-order valence-electron chi connectivity index (χ2n) is 4.72. The van der Waals surface area contributed by atoms with Gasteiger partial charge in [-0.25, -0.2) is 0 Å². The lowest BCUT2D eigenvalue weighted by molar-refractivity contribution is 0.112. The van der Waals surface area contributed by atoms with Crippen molar-refractivity contribution >= 4 is 28.9 Å². The first-order valence-electron chi connectivity index (χ1n) is 6.18. The lowest BCUT2D eigenvalue weighted by Gasteiger charge is -2.27. The minimum Gasteiger partial charge on any atom is -0.298 e. The Morgan fingerprint density at radius 2 is 2.06 bits per heavy atom. The molecule has 1 aliphatic carbocycles. The predicted molar refractivity (Wildman–Crippen MR) is 72.6 cm³/mol. The summed E-state index contributed by atoms with van der Waals surface area (Å²) in [5, 5.41) is -0.444. The van der Waals surface area contributed by atoms with E-state index in [0.29, 0.717) is 5.56 Å². The zero-order valence-corrected chi connectivity index (χ0v) is 11.1. The van der Waals surface area contributed by atoms with E-state index in [4.69, 9.17) is 11.6 Å². The Morgan fingerprint density at radius 1 is 1.39 bits per heavy atom. The normalized spacial score (nSPS) is 15.7. The third-order valence-corrected chi connectivity index (χ3v) is 3.72. The molecule has 0 aromatic heterocycles. The lowest BCUT2D eigenvalue weighted by Crippen LogP contribution is -2.35. The Kier molecular flexibility index (Phi) is 4.02. The van der Waals surface area contributed by atoms with Crippen LogP contribution in [0.25, 0.3) is 0 Å². The number of anilines is 1. The minimum atomic E-state index is -0.444. The van der Waals surface area contributed by atoms with Crippen LogP contribution in [0.4, 0.5) is 10.5 Å². The van der Waals surface area contributed by atoms with Crippen molar-refractivity contribution in [3.05, 3.63) is 29.3 Å². The highest BCUT2D eigenvalue weighted by Gasteiger charge is 2.27. The molecule has 96 valence electrons. The van der Waals surface area contributed by atoms with Crippen molar-refractivity contribution in [2.45, 2.75) is 38.6 Å². The van der Waals surface area contributed by atoms with E-state index in [1.807, 2.05) is 13.0 Å². The summed E-state index contributed by atoms with van der Waals surface area (Å²) in [6.07, 6.45) is 5.08. The van der Waals surface area contributed by atoms with Crippen molar-refractivity contribution in [3.8, 4) is 0 Å². The average Bonchev–Trinajstić information content (AvgIpc) is 2.82. The van der Waals surface area contributed by atoms with Gasteiger partial charge in [0.15, 0.2) is 0 Å². The number of rotatable bonds is 3. The van der Waals surface area contributed by atoms with Gasteiger partial charge < -0.3 is 0 Å². The molecular weight excluding hydrogens is 250 g/mol. The number of carbonyl (C=O) groups is 2. The number of aryl methyl sites for hydroxylation is 1. The first-order valence-corrected chi connectivity index (χ1v) is 6.56. The van der Waals surface area contributed by atoms with Crippen LogP contribution in [-0.4, -0.2) is 17.7 Å². The molecule has 18 heavy (non-hydrogen) atoms. The number of benzene rings is 1. The van der Waals surface area contributed by atoms with E-state index in [1.165, 1.54) is 0 Å². The van der Waals surface area contributed by atoms with Crippen LogP contribution in [0.3, 0.4) is 0 Å². The Bertz CT molecular complexity index is 467. The monoisotopic (exact) mass is 265 g/mol. The fraction of sp³-hybridized carbons (Fsp3) is 0.429. The molecule has 0 N–H and O–H groups in total. The molecule has 0 heterocycles. The topological polar surface area (TPSA) is 37.4 Å². The van der Waals surface area contributed by atoms with Gasteiger partial charge >= 0.3 is 5.37 Å². The highest BCUT2D eigenvalue weighted by atomic mass is 35.5. The van der Waals surface area contributed by atoms with Gasteiger partial charge in [-0.05, 0) is 55.1 Å². The van der Waals surface area contributed by atoms with Crippen molar-refractivity contribution in [1.29, 1.82) is 0 Å². The van der Waals surface area contributed by atoms with Gasteiger partial charge in [0.25, 0.3) is 0 Å². The zero-order chi connectivity index (χ0) is 13.1. The molecule has 1 aromatic rings. The second kappa shape index (κ2) is 5.53. The van der Waals surface area contributed by atoms with Crippen LogP contribution in [0, 0.1) is 6.92 Å². The fourth-order valence-electron chi connectivity index (χ4n) is 2.56. The number of carbonyl (C=O) groups excluding carboxylic acids is 2. The summed E-state index contributed by atoms with van der Waals surface area (Å²) < 4.78 is 0. The summed E-state index contributed by atoms with van der Waals surface area (Å²) in [6, 6.07) is 5.56. The molecule has 0 unspecified atom stereocenters. The standard InChI is InChI=1S/C14H16ClNO2/c1-10-8-13(7-6-11(10)9-17)16(14(15)18)12-4-2-3-5-12/h6-9,12H,2-5H2,1H3. The van der Waals surface area contributed by atoms with Crippen LogP contribution >= 0.6 is 11.6 Å². The molecule has 3 nitrogen and oxygen atoms in total. The number of hydrogen-bond acceptors (Lipinski definition) is 2. The van der Waals surface area contributed by atoms with E-state index in [1.54, 1.807) is 17.0 Å². The van der Waals surface area contributed by atoms with E-state index in [9.17, 15) is 9.59 Å². The molecule has 1 amide bonds. The largest absolute Gasteiger partial charge is 0.321 e. The summed E-state index contributed by atoms with van der Waals surface area (Å²) in [5.74, 6) is 0. The number of aldehydes is 1. The third-order valence-electron chi connectivity index (χ3n) is 3.54. The summed E-state index contributed by atoms with van der Waals surface area (Å²) in [5.41, 5.74) is 2.29. The van der Waals surface area contributed by atoms with Crippen molar-refractivity contribution < 1.29 is 9.59 Å². The quantitative estimate of drug-likeness (QED) is 0.472. The Balaban J connectivity index is 2.33. The van der Waals surface area contributed by atoms with Crippen LogP contribution in [-0.2, 0) is 0 Å². The van der Waals surface area contributed by atoms with Gasteiger partial charge in [-0.1, -0.05) is 12.8 Å². The van der Waals surface area contributed by atoms with Gasteiger partial charge in [0.2, 0.25) is 0 Å². The molecule has 1 saturated carbocycles. The molecule has 4 heteroatoms.